The van der Waals surface area contributed by atoms with Crippen molar-refractivity contribution in [1.82, 2.24) is 20.4 Å². The molecule has 2 aliphatic heterocycles. The van der Waals surface area contributed by atoms with Gasteiger partial charge in [0.05, 0.1) is 12.5 Å². The molecule has 27 heavy (non-hydrogen) atoms. The predicted octanol–water partition coefficient (Wildman–Crippen LogP) is 1.12. The monoisotopic (exact) mass is 370 g/mol. The third-order valence-corrected chi connectivity index (χ3v) is 6.18. The largest absolute Gasteiger partial charge is 0.350 e. The highest BCUT2D eigenvalue weighted by atomic mass is 16.2. The van der Waals surface area contributed by atoms with Gasteiger partial charge in [-0.05, 0) is 18.4 Å². The van der Waals surface area contributed by atoms with Crippen LogP contribution in [0.3, 0.4) is 0 Å². The Morgan fingerprint density at radius 3 is 2.44 bits per heavy atom. The number of hydrogen-bond donors (Lipinski definition) is 2. The Morgan fingerprint density at radius 2 is 1.70 bits per heavy atom. The van der Waals surface area contributed by atoms with Gasteiger partial charge < -0.3 is 15.5 Å². The van der Waals surface area contributed by atoms with Crippen LogP contribution in [0.4, 0.5) is 0 Å². The first-order valence-electron chi connectivity index (χ1n) is 10.3. The molecular formula is C21H30N4O2. The standard InChI is InChI=1S/C21H30N4O2/c26-20(14-19-21(27)23-18-9-5-4-8-17(18)22-19)25-12-10-24(11-13-25)15-16-6-2-1-3-7-16/h1-3,6-7,17-19,22H,4-5,8-15H2,(H,23,27)/t17-,18+,19+/m1/s1. The van der Waals surface area contributed by atoms with Gasteiger partial charge in [-0.25, -0.2) is 0 Å². The number of hydrogen-bond acceptors (Lipinski definition) is 4. The summed E-state index contributed by atoms with van der Waals surface area (Å²) in [5, 5.41) is 6.58. The van der Waals surface area contributed by atoms with Crippen molar-refractivity contribution >= 4 is 11.8 Å². The molecule has 6 heteroatoms. The second-order valence-corrected chi connectivity index (χ2v) is 8.07. The fraction of sp³-hybridized carbons (Fsp3) is 0.619. The minimum absolute atomic E-state index is 0.00536. The lowest BCUT2D eigenvalue weighted by Gasteiger charge is -2.41. The van der Waals surface area contributed by atoms with Gasteiger partial charge >= 0.3 is 0 Å². The summed E-state index contributed by atoms with van der Waals surface area (Å²) in [6.07, 6.45) is 4.79. The Hall–Kier alpha value is -1.92. The van der Waals surface area contributed by atoms with Crippen LogP contribution in [0, 0.1) is 0 Å². The third-order valence-electron chi connectivity index (χ3n) is 6.18. The summed E-state index contributed by atoms with van der Waals surface area (Å²) in [5.74, 6) is 0.0884. The van der Waals surface area contributed by atoms with Gasteiger partial charge in [0, 0.05) is 44.8 Å². The lowest BCUT2D eigenvalue weighted by atomic mass is 9.87. The summed E-state index contributed by atoms with van der Waals surface area (Å²) >= 11 is 0. The average Bonchev–Trinajstić information content (AvgIpc) is 2.70. The molecule has 146 valence electrons. The van der Waals surface area contributed by atoms with Gasteiger partial charge in [-0.3, -0.25) is 14.5 Å². The first kappa shape index (κ1) is 18.4. The van der Waals surface area contributed by atoms with E-state index in [4.69, 9.17) is 0 Å². The van der Waals surface area contributed by atoms with Crippen LogP contribution in [-0.4, -0.2) is 65.9 Å². The molecular weight excluding hydrogens is 340 g/mol. The molecule has 1 aromatic rings. The van der Waals surface area contributed by atoms with E-state index in [0.29, 0.717) is 6.04 Å². The van der Waals surface area contributed by atoms with Crippen LogP contribution in [0.25, 0.3) is 0 Å². The first-order chi connectivity index (χ1) is 13.2. The maximum atomic E-state index is 12.7. The molecule has 0 unspecified atom stereocenters. The molecule has 1 aromatic carbocycles. The number of nitrogens with zero attached hydrogens (tertiary/aromatic N) is 2. The fourth-order valence-electron chi connectivity index (χ4n) is 4.57. The van der Waals surface area contributed by atoms with Crippen molar-refractivity contribution in [3.05, 3.63) is 35.9 Å². The number of amides is 2. The molecule has 1 aliphatic carbocycles. The third kappa shape index (κ3) is 4.50. The lowest BCUT2D eigenvalue weighted by molar-refractivity contribution is -0.137. The van der Waals surface area contributed by atoms with Crippen LogP contribution in [0.5, 0.6) is 0 Å². The zero-order chi connectivity index (χ0) is 18.6. The second kappa shape index (κ2) is 8.40. The number of nitrogens with one attached hydrogen (secondary N) is 2. The van der Waals surface area contributed by atoms with Gasteiger partial charge in [0.25, 0.3) is 0 Å². The molecule has 0 spiro atoms. The molecule has 6 nitrogen and oxygen atoms in total. The van der Waals surface area contributed by atoms with E-state index < -0.39 is 0 Å². The lowest BCUT2D eigenvalue weighted by Crippen LogP contribution is -2.65. The van der Waals surface area contributed by atoms with E-state index >= 15 is 0 Å². The summed E-state index contributed by atoms with van der Waals surface area (Å²) in [4.78, 5) is 29.4. The molecule has 0 bridgehead atoms. The minimum atomic E-state index is -0.376. The summed E-state index contributed by atoms with van der Waals surface area (Å²) in [7, 11) is 0. The van der Waals surface area contributed by atoms with Crippen LogP contribution in [0.15, 0.2) is 30.3 Å². The highest BCUT2D eigenvalue weighted by Crippen LogP contribution is 2.22. The van der Waals surface area contributed by atoms with E-state index in [-0.39, 0.29) is 30.3 Å². The number of carbonyl (C=O) groups is 2. The normalized spacial score (nSPS) is 29.1. The highest BCUT2D eigenvalue weighted by Gasteiger charge is 2.37. The Balaban J connectivity index is 1.25. The van der Waals surface area contributed by atoms with E-state index in [1.165, 1.54) is 18.4 Å². The number of piperazine rings is 2. The van der Waals surface area contributed by atoms with Crippen LogP contribution >= 0.6 is 0 Å². The van der Waals surface area contributed by atoms with Gasteiger partial charge in [-0.2, -0.15) is 0 Å². The maximum Gasteiger partial charge on any atom is 0.237 e. The van der Waals surface area contributed by atoms with Gasteiger partial charge in [0.1, 0.15) is 0 Å². The molecule has 0 aromatic heterocycles. The zero-order valence-electron chi connectivity index (χ0n) is 15.9. The smallest absolute Gasteiger partial charge is 0.237 e. The van der Waals surface area contributed by atoms with Crippen LogP contribution in [0.2, 0.25) is 0 Å². The molecule has 2 saturated heterocycles. The van der Waals surface area contributed by atoms with E-state index in [1.807, 2.05) is 11.0 Å². The topological polar surface area (TPSA) is 64.7 Å². The van der Waals surface area contributed by atoms with E-state index in [9.17, 15) is 9.59 Å². The van der Waals surface area contributed by atoms with Crippen molar-refractivity contribution in [3.63, 3.8) is 0 Å². The molecule has 3 fully saturated rings. The van der Waals surface area contributed by atoms with Crippen LogP contribution < -0.4 is 10.6 Å². The quantitative estimate of drug-likeness (QED) is 0.834. The van der Waals surface area contributed by atoms with E-state index in [2.05, 4.69) is 39.8 Å². The highest BCUT2D eigenvalue weighted by molar-refractivity contribution is 5.89. The summed E-state index contributed by atoms with van der Waals surface area (Å²) in [6.45, 7) is 4.18. The average molecular weight is 370 g/mol. The molecule has 4 rings (SSSR count). The Labute approximate surface area is 161 Å². The summed E-state index contributed by atoms with van der Waals surface area (Å²) in [6, 6.07) is 10.6. The Morgan fingerprint density at radius 1 is 1.00 bits per heavy atom. The summed E-state index contributed by atoms with van der Waals surface area (Å²) in [5.41, 5.74) is 1.31. The van der Waals surface area contributed by atoms with Crippen LogP contribution in [-0.2, 0) is 16.1 Å². The molecule has 3 aliphatic rings. The molecule has 0 radical (unpaired) electrons. The van der Waals surface area contributed by atoms with E-state index in [0.717, 1.165) is 45.6 Å². The number of fused-ring (bicyclic) bond motifs is 1. The van der Waals surface area contributed by atoms with Gasteiger partial charge in [0.2, 0.25) is 11.8 Å². The number of carbonyl (C=O) groups excluding carboxylic acids is 2. The Kier molecular flexibility index (Phi) is 5.74. The predicted molar refractivity (Wildman–Crippen MR) is 104 cm³/mol. The van der Waals surface area contributed by atoms with Crippen LogP contribution in [0.1, 0.15) is 37.7 Å². The van der Waals surface area contributed by atoms with Crippen molar-refractivity contribution in [2.45, 2.75) is 56.8 Å². The van der Waals surface area contributed by atoms with Crippen molar-refractivity contribution in [2.75, 3.05) is 26.2 Å². The van der Waals surface area contributed by atoms with Gasteiger partial charge in [0.15, 0.2) is 0 Å². The Bertz CT molecular complexity index is 657. The van der Waals surface area contributed by atoms with Crippen molar-refractivity contribution in [2.24, 2.45) is 0 Å². The zero-order valence-corrected chi connectivity index (χ0v) is 15.9. The van der Waals surface area contributed by atoms with Gasteiger partial charge in [-0.15, -0.1) is 0 Å². The maximum absolute atomic E-state index is 12.7. The molecule has 1 saturated carbocycles. The fourth-order valence-corrected chi connectivity index (χ4v) is 4.57. The number of rotatable bonds is 4. The molecule has 2 heterocycles. The SMILES string of the molecule is O=C1N[C@H]2CCCC[C@H]2N[C@H]1CC(=O)N1CCN(Cc2ccccc2)CC1. The van der Waals surface area contributed by atoms with Gasteiger partial charge in [-0.1, -0.05) is 43.2 Å². The van der Waals surface area contributed by atoms with E-state index in [1.54, 1.807) is 0 Å². The molecule has 2 N–H and O–H groups in total. The molecule has 2 amide bonds. The van der Waals surface area contributed by atoms with Crippen molar-refractivity contribution in [3.8, 4) is 0 Å². The summed E-state index contributed by atoms with van der Waals surface area (Å²) < 4.78 is 0. The van der Waals surface area contributed by atoms with Crippen molar-refractivity contribution in [1.29, 1.82) is 0 Å². The second-order valence-electron chi connectivity index (χ2n) is 8.07. The van der Waals surface area contributed by atoms with Crippen molar-refractivity contribution < 1.29 is 9.59 Å². The first-order valence-corrected chi connectivity index (χ1v) is 10.3. The minimum Gasteiger partial charge on any atom is -0.350 e. The molecule has 3 atom stereocenters. The number of benzene rings is 1.